The fraction of sp³-hybridized carbons (Fsp3) is 0.318. The molecule has 1 heterocycles. The Hall–Kier alpha value is -2.69. The Balaban J connectivity index is 2.25. The number of allylic oxidation sites excluding steroid dienone is 6. The van der Waals surface area contributed by atoms with Crippen LogP contribution in [0.4, 0.5) is 8.78 Å². The second kappa shape index (κ2) is 8.33. The molecule has 27 heavy (non-hydrogen) atoms. The second-order valence-corrected chi connectivity index (χ2v) is 6.82. The van der Waals surface area contributed by atoms with E-state index in [1.165, 1.54) is 19.9 Å². The number of ether oxygens (including phenoxy) is 1. The van der Waals surface area contributed by atoms with E-state index in [1.54, 1.807) is 6.08 Å². The van der Waals surface area contributed by atoms with Crippen LogP contribution in [-0.2, 0) is 6.42 Å². The number of aryl methyl sites for hydroxylation is 2. The average Bonchev–Trinajstić information content (AvgIpc) is 2.93. The highest BCUT2D eigenvalue weighted by Crippen LogP contribution is 2.29. The lowest BCUT2D eigenvalue weighted by molar-refractivity contribution is 0.400. The third-order valence-corrected chi connectivity index (χ3v) is 4.57. The van der Waals surface area contributed by atoms with Gasteiger partial charge in [-0.3, -0.25) is 5.41 Å². The maximum Gasteiger partial charge on any atom is 0.132 e. The Morgan fingerprint density at radius 3 is 2.22 bits per heavy atom. The molecule has 0 unspecified atom stereocenters. The SMILES string of the molecule is C/C(Oc1c(C)cc(C/C=C(F)\C(C)=C(/C)F)cc1C)=C1\C(=N)C=CN1C. The van der Waals surface area contributed by atoms with Gasteiger partial charge in [0.1, 0.15) is 28.9 Å². The first-order valence-electron chi connectivity index (χ1n) is 8.79. The predicted octanol–water partition coefficient (Wildman–Crippen LogP) is 6.05. The van der Waals surface area contributed by atoms with Crippen LogP contribution in [0.2, 0.25) is 0 Å². The summed E-state index contributed by atoms with van der Waals surface area (Å²) in [5.41, 5.74) is 3.94. The van der Waals surface area contributed by atoms with E-state index in [-0.39, 0.29) is 5.57 Å². The summed E-state index contributed by atoms with van der Waals surface area (Å²) in [7, 11) is 1.87. The number of benzene rings is 1. The monoisotopic (exact) mass is 372 g/mol. The third-order valence-electron chi connectivity index (χ3n) is 4.57. The molecule has 0 saturated carbocycles. The molecule has 1 N–H and O–H groups in total. The van der Waals surface area contributed by atoms with Crippen molar-refractivity contribution < 1.29 is 13.5 Å². The number of nitrogens with zero attached hydrogens (tertiary/aromatic N) is 1. The van der Waals surface area contributed by atoms with Gasteiger partial charge < -0.3 is 9.64 Å². The van der Waals surface area contributed by atoms with E-state index in [0.29, 0.717) is 17.9 Å². The zero-order valence-electron chi connectivity index (χ0n) is 16.7. The van der Waals surface area contributed by atoms with Crippen LogP contribution in [0.3, 0.4) is 0 Å². The van der Waals surface area contributed by atoms with Crippen LogP contribution in [-0.4, -0.2) is 17.7 Å². The van der Waals surface area contributed by atoms with Gasteiger partial charge in [-0.25, -0.2) is 8.78 Å². The number of hydrogen-bond donors (Lipinski definition) is 1. The van der Waals surface area contributed by atoms with E-state index in [0.717, 1.165) is 28.1 Å². The lowest BCUT2D eigenvalue weighted by Gasteiger charge is -2.18. The highest BCUT2D eigenvalue weighted by molar-refractivity contribution is 6.08. The molecule has 144 valence electrons. The quantitative estimate of drug-likeness (QED) is 0.504. The summed E-state index contributed by atoms with van der Waals surface area (Å²) >= 11 is 0. The molecule has 0 saturated heterocycles. The Morgan fingerprint density at radius 1 is 1.15 bits per heavy atom. The first-order valence-corrected chi connectivity index (χ1v) is 8.79. The van der Waals surface area contributed by atoms with E-state index in [2.05, 4.69) is 0 Å². The van der Waals surface area contributed by atoms with Crippen molar-refractivity contribution in [3.63, 3.8) is 0 Å². The Morgan fingerprint density at radius 2 is 1.74 bits per heavy atom. The second-order valence-electron chi connectivity index (χ2n) is 6.82. The zero-order valence-corrected chi connectivity index (χ0v) is 16.7. The number of halogens is 2. The minimum absolute atomic E-state index is 0.0300. The molecular formula is C22H26F2N2O. The Labute approximate surface area is 159 Å². The van der Waals surface area contributed by atoms with Gasteiger partial charge in [0.05, 0.1) is 5.71 Å². The van der Waals surface area contributed by atoms with E-state index in [4.69, 9.17) is 10.1 Å². The molecule has 5 heteroatoms. The van der Waals surface area contributed by atoms with Crippen molar-refractivity contribution in [3.05, 3.63) is 75.9 Å². The largest absolute Gasteiger partial charge is 0.459 e. The van der Waals surface area contributed by atoms with Crippen molar-refractivity contribution in [2.24, 2.45) is 0 Å². The van der Waals surface area contributed by atoms with Crippen LogP contribution in [0.1, 0.15) is 37.5 Å². The van der Waals surface area contributed by atoms with Gasteiger partial charge >= 0.3 is 0 Å². The van der Waals surface area contributed by atoms with Crippen LogP contribution in [0.15, 0.2) is 59.2 Å². The zero-order chi connectivity index (χ0) is 20.3. The summed E-state index contributed by atoms with van der Waals surface area (Å²) in [6, 6.07) is 3.88. The molecule has 1 aliphatic heterocycles. The predicted molar refractivity (Wildman–Crippen MR) is 106 cm³/mol. The molecule has 1 aromatic carbocycles. The highest BCUT2D eigenvalue weighted by Gasteiger charge is 2.19. The molecule has 0 bridgehead atoms. The molecule has 1 aliphatic rings. The van der Waals surface area contributed by atoms with Gasteiger partial charge in [-0.2, -0.15) is 0 Å². The van der Waals surface area contributed by atoms with Crippen LogP contribution in [0, 0.1) is 19.3 Å². The van der Waals surface area contributed by atoms with Crippen molar-refractivity contribution >= 4 is 5.71 Å². The third kappa shape index (κ3) is 4.73. The van der Waals surface area contributed by atoms with Gasteiger partial charge in [-0.1, -0.05) is 12.1 Å². The van der Waals surface area contributed by atoms with Crippen molar-refractivity contribution in [2.75, 3.05) is 7.05 Å². The maximum atomic E-state index is 13.9. The summed E-state index contributed by atoms with van der Waals surface area (Å²) in [5.74, 6) is 0.329. The Bertz CT molecular complexity index is 865. The topological polar surface area (TPSA) is 36.3 Å². The van der Waals surface area contributed by atoms with Crippen molar-refractivity contribution in [3.8, 4) is 5.75 Å². The van der Waals surface area contributed by atoms with Gasteiger partial charge in [0.15, 0.2) is 0 Å². The number of rotatable bonds is 5. The van der Waals surface area contributed by atoms with E-state index >= 15 is 0 Å². The lowest BCUT2D eigenvalue weighted by Crippen LogP contribution is -2.14. The summed E-state index contributed by atoms with van der Waals surface area (Å²) in [4.78, 5) is 1.85. The molecule has 0 amide bonds. The van der Waals surface area contributed by atoms with Crippen LogP contribution in [0.25, 0.3) is 0 Å². The molecule has 0 aromatic heterocycles. The van der Waals surface area contributed by atoms with Gasteiger partial charge in [-0.05, 0) is 69.9 Å². The molecule has 0 atom stereocenters. The summed E-state index contributed by atoms with van der Waals surface area (Å²) in [6.45, 7) is 8.38. The van der Waals surface area contributed by atoms with Crippen molar-refractivity contribution in [2.45, 2.75) is 41.0 Å². The van der Waals surface area contributed by atoms with Crippen LogP contribution < -0.4 is 4.74 Å². The average molecular weight is 372 g/mol. The lowest BCUT2D eigenvalue weighted by atomic mass is 10.0. The number of hydrogen-bond acceptors (Lipinski definition) is 3. The minimum Gasteiger partial charge on any atom is -0.459 e. The van der Waals surface area contributed by atoms with Gasteiger partial charge in [0.2, 0.25) is 0 Å². The number of nitrogens with one attached hydrogen (secondary N) is 1. The molecule has 0 radical (unpaired) electrons. The van der Waals surface area contributed by atoms with Gasteiger partial charge in [-0.15, -0.1) is 0 Å². The van der Waals surface area contributed by atoms with E-state index < -0.39 is 11.7 Å². The van der Waals surface area contributed by atoms with Crippen molar-refractivity contribution in [1.29, 1.82) is 5.41 Å². The summed E-state index contributed by atoms with van der Waals surface area (Å²) in [6.07, 6.45) is 5.31. The van der Waals surface area contributed by atoms with Gasteiger partial charge in [0, 0.05) is 18.8 Å². The molecule has 3 nitrogen and oxygen atoms in total. The molecule has 0 fully saturated rings. The first kappa shape index (κ1) is 20.6. The standard InChI is InChI=1S/C22H26F2N2O/c1-13-11-18(7-8-19(24)15(3)16(4)23)12-14(2)22(13)27-17(5)21-20(25)9-10-26(21)6/h8-12,25H,7H2,1-6H3/b16-15+,19-8+,21-17-,25-20?. The maximum absolute atomic E-state index is 13.9. The molecule has 1 aromatic rings. The smallest absolute Gasteiger partial charge is 0.132 e. The van der Waals surface area contributed by atoms with E-state index in [9.17, 15) is 8.78 Å². The summed E-state index contributed by atoms with van der Waals surface area (Å²) < 4.78 is 33.1. The highest BCUT2D eigenvalue weighted by atomic mass is 19.1. The van der Waals surface area contributed by atoms with Gasteiger partial charge in [0.25, 0.3) is 0 Å². The molecule has 0 spiro atoms. The Kier molecular flexibility index (Phi) is 6.37. The van der Waals surface area contributed by atoms with Crippen LogP contribution in [0.5, 0.6) is 5.75 Å². The fourth-order valence-electron chi connectivity index (χ4n) is 3.01. The molecule has 0 aliphatic carbocycles. The molecule has 2 rings (SSSR count). The first-order chi connectivity index (χ1) is 12.6. The van der Waals surface area contributed by atoms with E-state index in [1.807, 2.05) is 51.1 Å². The molecular weight excluding hydrogens is 346 g/mol. The normalized spacial score (nSPS) is 17.4. The fourth-order valence-corrected chi connectivity index (χ4v) is 3.01. The minimum atomic E-state index is -0.540. The van der Waals surface area contributed by atoms with Crippen LogP contribution >= 0.6 is 0 Å². The summed E-state index contributed by atoms with van der Waals surface area (Å²) in [5, 5.41) is 7.99. The van der Waals surface area contributed by atoms with Crippen molar-refractivity contribution in [1.82, 2.24) is 4.90 Å².